The summed E-state index contributed by atoms with van der Waals surface area (Å²) < 4.78 is 11.5. The number of benzene rings is 3. The zero-order chi connectivity index (χ0) is 24.7. The van der Waals surface area contributed by atoms with Gasteiger partial charge in [0.25, 0.3) is 0 Å². The molecule has 0 fully saturated rings. The number of esters is 1. The van der Waals surface area contributed by atoms with E-state index in [0.717, 1.165) is 4.47 Å². The van der Waals surface area contributed by atoms with Gasteiger partial charge in [-0.25, -0.2) is 10.2 Å². The van der Waals surface area contributed by atoms with Gasteiger partial charge in [-0.05, 0) is 66.2 Å². The maximum absolute atomic E-state index is 12.4. The fourth-order valence-corrected chi connectivity index (χ4v) is 3.35. The lowest BCUT2D eigenvalue weighted by molar-refractivity contribution is -0.136. The van der Waals surface area contributed by atoms with Gasteiger partial charge in [0.2, 0.25) is 0 Å². The van der Waals surface area contributed by atoms with Crippen LogP contribution in [0.5, 0.6) is 11.5 Å². The minimum absolute atomic E-state index is 0.142. The molecule has 3 aromatic rings. The lowest BCUT2D eigenvalue weighted by atomic mass is 10.2. The van der Waals surface area contributed by atoms with E-state index in [-0.39, 0.29) is 22.1 Å². The lowest BCUT2D eigenvalue weighted by Crippen LogP contribution is -2.32. The van der Waals surface area contributed by atoms with Crippen molar-refractivity contribution < 1.29 is 23.9 Å². The van der Waals surface area contributed by atoms with Crippen LogP contribution in [0.15, 0.2) is 70.2 Å². The predicted molar refractivity (Wildman–Crippen MR) is 133 cm³/mol. The highest BCUT2D eigenvalue weighted by atomic mass is 79.9. The molecule has 34 heavy (non-hydrogen) atoms. The Labute approximate surface area is 213 Å². The number of carbonyl (C=O) groups excluding carboxylic acids is 3. The minimum atomic E-state index is -0.948. The van der Waals surface area contributed by atoms with E-state index in [1.165, 1.54) is 43.7 Å². The largest absolute Gasteiger partial charge is 0.493 e. The second kappa shape index (κ2) is 11.6. The number of hydrogen-bond donors (Lipinski definition) is 2. The van der Waals surface area contributed by atoms with Gasteiger partial charge in [0.1, 0.15) is 0 Å². The highest BCUT2D eigenvalue weighted by molar-refractivity contribution is 9.10. The maximum Gasteiger partial charge on any atom is 0.345 e. The number of methoxy groups -OCH3 is 1. The van der Waals surface area contributed by atoms with E-state index in [1.54, 1.807) is 30.3 Å². The Morgan fingerprint density at radius 3 is 2.35 bits per heavy atom. The first-order chi connectivity index (χ1) is 16.3. The van der Waals surface area contributed by atoms with Crippen LogP contribution in [-0.2, 0) is 9.59 Å². The van der Waals surface area contributed by atoms with Crippen molar-refractivity contribution in [3.8, 4) is 11.5 Å². The summed E-state index contributed by atoms with van der Waals surface area (Å²) in [6.07, 6.45) is 1.30. The van der Waals surface area contributed by atoms with Crippen molar-refractivity contribution in [3.63, 3.8) is 0 Å². The zero-order valence-corrected chi connectivity index (χ0v) is 20.6. The second-order valence-corrected chi connectivity index (χ2v) is 8.34. The van der Waals surface area contributed by atoms with E-state index in [9.17, 15) is 14.4 Å². The topological polar surface area (TPSA) is 106 Å². The molecule has 3 aromatic carbocycles. The number of hydrogen-bond acceptors (Lipinski definition) is 6. The Morgan fingerprint density at radius 1 is 0.941 bits per heavy atom. The Hall–Kier alpha value is -3.40. The number of carbonyl (C=O) groups is 3. The zero-order valence-electron chi connectivity index (χ0n) is 17.5. The van der Waals surface area contributed by atoms with E-state index in [0.29, 0.717) is 16.3 Å². The molecule has 0 atom stereocenters. The summed E-state index contributed by atoms with van der Waals surface area (Å²) in [7, 11) is 1.40. The SMILES string of the molecule is COc1cc(/C=N/NC(=O)C(=O)Nc2ccc(Br)cc2)ccc1OC(=O)c1ccc(Cl)cc1Cl. The first kappa shape index (κ1) is 25.2. The number of ether oxygens (including phenoxy) is 2. The second-order valence-electron chi connectivity index (χ2n) is 6.58. The molecule has 0 aliphatic carbocycles. The average molecular weight is 565 g/mol. The molecule has 0 spiro atoms. The van der Waals surface area contributed by atoms with Crippen molar-refractivity contribution in [3.05, 3.63) is 86.3 Å². The third-order valence-corrected chi connectivity index (χ3v) is 5.31. The van der Waals surface area contributed by atoms with Crippen LogP contribution in [0.4, 0.5) is 5.69 Å². The first-order valence-corrected chi connectivity index (χ1v) is 11.1. The lowest BCUT2D eigenvalue weighted by Gasteiger charge is -2.10. The number of rotatable bonds is 6. The van der Waals surface area contributed by atoms with Gasteiger partial charge in [-0.2, -0.15) is 5.10 Å². The van der Waals surface area contributed by atoms with Gasteiger partial charge in [0, 0.05) is 15.2 Å². The summed E-state index contributed by atoms with van der Waals surface area (Å²) in [5.74, 6) is -2.13. The highest BCUT2D eigenvalue weighted by Crippen LogP contribution is 2.30. The molecule has 0 radical (unpaired) electrons. The molecular weight excluding hydrogens is 549 g/mol. The van der Waals surface area contributed by atoms with Crippen LogP contribution in [-0.4, -0.2) is 31.1 Å². The normalized spacial score (nSPS) is 10.6. The van der Waals surface area contributed by atoms with Crippen LogP contribution in [0, 0.1) is 0 Å². The quantitative estimate of drug-likeness (QED) is 0.143. The summed E-state index contributed by atoms with van der Waals surface area (Å²) in [6.45, 7) is 0. The number of amides is 2. The van der Waals surface area contributed by atoms with Gasteiger partial charge >= 0.3 is 17.8 Å². The summed E-state index contributed by atoms with van der Waals surface area (Å²) >= 11 is 15.2. The number of anilines is 1. The molecule has 2 amide bonds. The van der Waals surface area contributed by atoms with Crippen molar-refractivity contribution in [1.29, 1.82) is 0 Å². The standard InChI is InChI=1S/C23H16BrCl2N3O5/c1-33-20-10-13(2-9-19(20)34-23(32)17-8-5-15(25)11-18(17)26)12-27-29-22(31)21(30)28-16-6-3-14(24)4-7-16/h2-12H,1H3,(H,28,30)(H,29,31)/b27-12+. The summed E-state index contributed by atoms with van der Waals surface area (Å²) in [5, 5.41) is 6.76. The number of hydrazone groups is 1. The predicted octanol–water partition coefficient (Wildman–Crippen LogP) is 5.07. The van der Waals surface area contributed by atoms with Crippen LogP contribution >= 0.6 is 39.1 Å². The molecule has 2 N–H and O–H groups in total. The van der Waals surface area contributed by atoms with Gasteiger partial charge in [-0.3, -0.25) is 9.59 Å². The van der Waals surface area contributed by atoms with E-state index < -0.39 is 17.8 Å². The van der Waals surface area contributed by atoms with Gasteiger partial charge in [0.15, 0.2) is 11.5 Å². The molecule has 3 rings (SSSR count). The third kappa shape index (κ3) is 6.80. The molecule has 174 valence electrons. The Bertz CT molecular complexity index is 1270. The highest BCUT2D eigenvalue weighted by Gasteiger charge is 2.16. The molecule has 0 aliphatic heterocycles. The summed E-state index contributed by atoms with van der Waals surface area (Å²) in [6, 6.07) is 15.7. The Kier molecular flexibility index (Phi) is 8.64. The average Bonchev–Trinajstić information content (AvgIpc) is 2.81. The van der Waals surface area contributed by atoms with Crippen molar-refractivity contribution >= 4 is 68.8 Å². The maximum atomic E-state index is 12.4. The third-order valence-electron chi connectivity index (χ3n) is 4.23. The van der Waals surface area contributed by atoms with Crippen LogP contribution in [0.25, 0.3) is 0 Å². The molecule has 0 bridgehead atoms. The van der Waals surface area contributed by atoms with Crippen molar-refractivity contribution in [2.24, 2.45) is 5.10 Å². The molecule has 8 nitrogen and oxygen atoms in total. The molecule has 0 heterocycles. The van der Waals surface area contributed by atoms with E-state index in [1.807, 2.05) is 0 Å². The van der Waals surface area contributed by atoms with E-state index in [4.69, 9.17) is 32.7 Å². The number of halogens is 3. The summed E-state index contributed by atoms with van der Waals surface area (Å²) in [5.41, 5.74) is 3.25. The minimum Gasteiger partial charge on any atom is -0.493 e. The molecular formula is C23H16BrCl2N3O5. The van der Waals surface area contributed by atoms with Gasteiger partial charge in [0.05, 0.1) is 23.9 Å². The molecule has 0 unspecified atom stereocenters. The molecule has 0 aromatic heterocycles. The molecule has 0 aliphatic rings. The van der Waals surface area contributed by atoms with Gasteiger partial charge in [-0.1, -0.05) is 39.1 Å². The fraction of sp³-hybridized carbons (Fsp3) is 0.0435. The van der Waals surface area contributed by atoms with Crippen LogP contribution in [0.3, 0.4) is 0 Å². The summed E-state index contributed by atoms with van der Waals surface area (Å²) in [4.78, 5) is 36.3. The van der Waals surface area contributed by atoms with Crippen LogP contribution in [0.1, 0.15) is 15.9 Å². The van der Waals surface area contributed by atoms with Gasteiger partial charge < -0.3 is 14.8 Å². The molecule has 0 saturated heterocycles. The van der Waals surface area contributed by atoms with Crippen LogP contribution < -0.4 is 20.2 Å². The van der Waals surface area contributed by atoms with Gasteiger partial charge in [-0.15, -0.1) is 0 Å². The van der Waals surface area contributed by atoms with Crippen molar-refractivity contribution in [2.45, 2.75) is 0 Å². The fourth-order valence-electron chi connectivity index (χ4n) is 2.60. The Morgan fingerprint density at radius 2 is 1.68 bits per heavy atom. The van der Waals surface area contributed by atoms with E-state index in [2.05, 4.69) is 31.8 Å². The number of nitrogens with one attached hydrogen (secondary N) is 2. The van der Waals surface area contributed by atoms with Crippen molar-refractivity contribution in [1.82, 2.24) is 5.43 Å². The Balaban J connectivity index is 1.62. The monoisotopic (exact) mass is 563 g/mol. The molecule has 11 heteroatoms. The first-order valence-electron chi connectivity index (χ1n) is 9.52. The van der Waals surface area contributed by atoms with E-state index >= 15 is 0 Å². The van der Waals surface area contributed by atoms with Crippen LogP contribution in [0.2, 0.25) is 10.0 Å². The molecule has 0 saturated carbocycles. The number of nitrogens with zero attached hydrogens (tertiary/aromatic N) is 1. The van der Waals surface area contributed by atoms with Crippen molar-refractivity contribution in [2.75, 3.05) is 12.4 Å². The smallest absolute Gasteiger partial charge is 0.345 e.